The van der Waals surface area contributed by atoms with Crippen molar-refractivity contribution in [2.24, 2.45) is 0 Å². The lowest BCUT2D eigenvalue weighted by atomic mass is 10.2. The molecule has 4 rings (SSSR count). The Labute approximate surface area is 162 Å². The quantitative estimate of drug-likeness (QED) is 0.569. The van der Waals surface area contributed by atoms with Gasteiger partial charge in [-0.05, 0) is 48.9 Å². The number of aromatic nitrogens is 1. The van der Waals surface area contributed by atoms with Crippen LogP contribution in [-0.2, 0) is 4.79 Å². The molecule has 0 radical (unpaired) electrons. The van der Waals surface area contributed by atoms with Gasteiger partial charge in [0.15, 0.2) is 12.2 Å². The number of amides is 1. The topological polar surface area (TPSA) is 95.9 Å². The fourth-order valence-electron chi connectivity index (χ4n) is 2.78. The maximum Gasteiger partial charge on any atom is 0.262 e. The number of carbonyl (C=O) groups is 1. The van der Waals surface area contributed by atoms with Crippen LogP contribution in [0.1, 0.15) is 5.56 Å². The lowest BCUT2D eigenvalue weighted by molar-refractivity contribution is -0.118. The first kappa shape index (κ1) is 19.1. The van der Waals surface area contributed by atoms with Gasteiger partial charge in [-0.2, -0.15) is 0 Å². The summed E-state index contributed by atoms with van der Waals surface area (Å²) < 4.78 is 11.4. The number of carbonyl (C=O) groups excluding carboxylic acids is 1. The molecule has 0 aliphatic heterocycles. The predicted molar refractivity (Wildman–Crippen MR) is 108 cm³/mol. The van der Waals surface area contributed by atoms with Crippen molar-refractivity contribution >= 4 is 22.7 Å². The molecular weight excluding hydrogens is 356 g/mol. The van der Waals surface area contributed by atoms with E-state index in [9.17, 15) is 4.79 Å². The molecule has 0 spiro atoms. The van der Waals surface area contributed by atoms with E-state index in [0.29, 0.717) is 17.3 Å². The summed E-state index contributed by atoms with van der Waals surface area (Å²) >= 11 is 0. The Hall–Kier alpha value is -3.64. The lowest BCUT2D eigenvalue weighted by Gasteiger charge is -2.09. The Kier molecular flexibility index (Phi) is 5.72. The van der Waals surface area contributed by atoms with Gasteiger partial charge in [-0.3, -0.25) is 4.79 Å². The summed E-state index contributed by atoms with van der Waals surface area (Å²) in [4.78, 5) is 16.7. The molecule has 1 aromatic heterocycles. The maximum atomic E-state index is 12.2. The molecule has 0 saturated heterocycles. The minimum absolute atomic E-state index is 0. The number of oxazole rings is 1. The van der Waals surface area contributed by atoms with Gasteiger partial charge in [-0.25, -0.2) is 4.98 Å². The number of rotatable bonds is 5. The van der Waals surface area contributed by atoms with Crippen molar-refractivity contribution in [3.8, 4) is 17.2 Å². The van der Waals surface area contributed by atoms with Crippen molar-refractivity contribution < 1.29 is 19.4 Å². The molecule has 0 aliphatic carbocycles. The van der Waals surface area contributed by atoms with E-state index in [1.165, 1.54) is 0 Å². The van der Waals surface area contributed by atoms with E-state index in [1.807, 2.05) is 79.7 Å². The zero-order valence-electron chi connectivity index (χ0n) is 15.3. The summed E-state index contributed by atoms with van der Waals surface area (Å²) in [6.45, 7) is 1.88. The second-order valence-corrected chi connectivity index (χ2v) is 6.17. The molecule has 142 valence electrons. The molecule has 3 aromatic carbocycles. The van der Waals surface area contributed by atoms with Crippen LogP contribution in [0, 0.1) is 6.92 Å². The van der Waals surface area contributed by atoms with Gasteiger partial charge in [0.25, 0.3) is 5.91 Å². The van der Waals surface area contributed by atoms with Crippen molar-refractivity contribution in [3.05, 3.63) is 78.4 Å². The van der Waals surface area contributed by atoms with Crippen LogP contribution in [0.4, 0.5) is 5.69 Å². The number of fused-ring (bicyclic) bond motifs is 1. The van der Waals surface area contributed by atoms with Gasteiger partial charge in [0.2, 0.25) is 5.89 Å². The monoisotopic (exact) mass is 376 g/mol. The third kappa shape index (κ3) is 4.19. The minimum atomic E-state index is -0.229. The number of hydrogen-bond acceptors (Lipinski definition) is 4. The number of aryl methyl sites for hydroxylation is 1. The molecule has 1 heterocycles. The Morgan fingerprint density at radius 1 is 1.04 bits per heavy atom. The van der Waals surface area contributed by atoms with E-state index in [-0.39, 0.29) is 18.0 Å². The van der Waals surface area contributed by atoms with Crippen molar-refractivity contribution in [2.45, 2.75) is 6.92 Å². The fraction of sp³-hybridized carbons (Fsp3) is 0.0909. The number of anilines is 1. The third-order valence-corrected chi connectivity index (χ3v) is 4.14. The second kappa shape index (κ2) is 8.37. The number of nitrogens with one attached hydrogen (secondary N) is 1. The van der Waals surface area contributed by atoms with Crippen molar-refractivity contribution in [2.75, 3.05) is 11.9 Å². The van der Waals surface area contributed by atoms with Crippen LogP contribution in [-0.4, -0.2) is 23.0 Å². The highest BCUT2D eigenvalue weighted by molar-refractivity contribution is 5.92. The average molecular weight is 376 g/mol. The van der Waals surface area contributed by atoms with Gasteiger partial charge in [-0.15, -0.1) is 0 Å². The van der Waals surface area contributed by atoms with E-state index in [1.54, 1.807) is 0 Å². The van der Waals surface area contributed by atoms with Gasteiger partial charge >= 0.3 is 0 Å². The van der Waals surface area contributed by atoms with Crippen molar-refractivity contribution in [1.29, 1.82) is 0 Å². The van der Waals surface area contributed by atoms with Gasteiger partial charge in [0.1, 0.15) is 11.3 Å². The molecule has 28 heavy (non-hydrogen) atoms. The van der Waals surface area contributed by atoms with Gasteiger partial charge < -0.3 is 19.9 Å². The molecule has 1 amide bonds. The number of para-hydroxylation sites is 3. The summed E-state index contributed by atoms with van der Waals surface area (Å²) in [7, 11) is 0. The largest absolute Gasteiger partial charge is 0.483 e. The fourth-order valence-corrected chi connectivity index (χ4v) is 2.78. The maximum absolute atomic E-state index is 12.2. The summed E-state index contributed by atoms with van der Waals surface area (Å²) in [5, 5.41) is 2.84. The first-order valence-corrected chi connectivity index (χ1v) is 8.63. The minimum Gasteiger partial charge on any atom is -0.483 e. The molecule has 3 N–H and O–H groups in total. The Morgan fingerprint density at radius 2 is 1.82 bits per heavy atom. The van der Waals surface area contributed by atoms with Crippen LogP contribution >= 0.6 is 0 Å². The molecule has 6 heteroatoms. The molecule has 0 aliphatic rings. The molecule has 0 fully saturated rings. The van der Waals surface area contributed by atoms with Crippen molar-refractivity contribution in [1.82, 2.24) is 4.98 Å². The number of benzene rings is 3. The predicted octanol–water partition coefficient (Wildman–Crippen LogP) is 4.00. The molecule has 6 nitrogen and oxygen atoms in total. The highest BCUT2D eigenvalue weighted by Gasteiger charge is 2.10. The Balaban J connectivity index is 0.00000225. The van der Waals surface area contributed by atoms with E-state index in [2.05, 4.69) is 10.3 Å². The average Bonchev–Trinajstić information content (AvgIpc) is 3.12. The third-order valence-electron chi connectivity index (χ3n) is 4.14. The van der Waals surface area contributed by atoms with Crippen LogP contribution in [0.5, 0.6) is 5.75 Å². The highest BCUT2D eigenvalue weighted by atomic mass is 16.5. The van der Waals surface area contributed by atoms with Crippen LogP contribution in [0.3, 0.4) is 0 Å². The Morgan fingerprint density at radius 3 is 2.64 bits per heavy atom. The van der Waals surface area contributed by atoms with Gasteiger partial charge in [0.05, 0.1) is 0 Å². The smallest absolute Gasteiger partial charge is 0.262 e. The van der Waals surface area contributed by atoms with E-state index < -0.39 is 0 Å². The summed E-state index contributed by atoms with van der Waals surface area (Å²) in [5.41, 5.74) is 3.97. The summed E-state index contributed by atoms with van der Waals surface area (Å²) in [6, 6.07) is 22.6. The molecule has 4 aromatic rings. The number of hydrogen-bond donors (Lipinski definition) is 1. The lowest BCUT2D eigenvalue weighted by Crippen LogP contribution is -2.20. The number of ether oxygens (including phenoxy) is 1. The van der Waals surface area contributed by atoms with Gasteiger partial charge in [-0.1, -0.05) is 36.4 Å². The highest BCUT2D eigenvalue weighted by Crippen LogP contribution is 2.26. The van der Waals surface area contributed by atoms with Crippen LogP contribution < -0.4 is 10.1 Å². The Bertz CT molecular complexity index is 1070. The first-order valence-electron chi connectivity index (χ1n) is 8.63. The normalized spacial score (nSPS) is 10.3. The van der Waals surface area contributed by atoms with Crippen LogP contribution in [0.2, 0.25) is 0 Å². The van der Waals surface area contributed by atoms with E-state index >= 15 is 0 Å². The van der Waals surface area contributed by atoms with Crippen LogP contribution in [0.15, 0.2) is 77.2 Å². The van der Waals surface area contributed by atoms with E-state index in [0.717, 1.165) is 22.2 Å². The van der Waals surface area contributed by atoms with E-state index in [4.69, 9.17) is 9.15 Å². The zero-order valence-corrected chi connectivity index (χ0v) is 15.3. The first-order chi connectivity index (χ1) is 13.2. The molecule has 0 saturated carbocycles. The zero-order chi connectivity index (χ0) is 18.6. The molecule has 0 bridgehead atoms. The van der Waals surface area contributed by atoms with Gasteiger partial charge in [0, 0.05) is 11.3 Å². The molecule has 0 atom stereocenters. The molecule has 0 unspecified atom stereocenters. The second-order valence-electron chi connectivity index (χ2n) is 6.17. The summed E-state index contributed by atoms with van der Waals surface area (Å²) in [5.74, 6) is 0.990. The standard InChI is InChI=1S/C22H18N2O3.H2O/c1-15-7-2-4-11-19(15)26-14-21(25)23-17-9-6-8-16(13-17)22-24-18-10-3-5-12-20(18)27-22;/h2-13H,14H2,1H3,(H,23,25);1H2. The SMILES string of the molecule is Cc1ccccc1OCC(=O)Nc1cccc(-c2nc3ccccc3o2)c1.O. The van der Waals surface area contributed by atoms with Crippen molar-refractivity contribution in [3.63, 3.8) is 0 Å². The molecular formula is C22H20N2O4. The number of nitrogens with zero attached hydrogens (tertiary/aromatic N) is 1. The van der Waals surface area contributed by atoms with Crippen LogP contribution in [0.25, 0.3) is 22.6 Å². The summed E-state index contributed by atoms with van der Waals surface area (Å²) in [6.07, 6.45) is 0.